The average molecular weight is 312 g/mol. The summed E-state index contributed by atoms with van der Waals surface area (Å²) in [4.78, 5) is 0.389. The molecule has 0 bridgehead atoms. The molecule has 21 heavy (non-hydrogen) atoms. The maximum atomic E-state index is 12.9. The Hall–Kier alpha value is -0.910. The Kier molecular flexibility index (Phi) is 5.24. The lowest BCUT2D eigenvalue weighted by atomic mass is 9.90. The molecule has 1 aromatic rings. The van der Waals surface area contributed by atoms with E-state index in [1.807, 2.05) is 54.5 Å². The molecule has 0 aliphatic heterocycles. The molecule has 0 aliphatic carbocycles. The second kappa shape index (κ2) is 6.07. The van der Waals surface area contributed by atoms with Gasteiger partial charge in [0.15, 0.2) is 0 Å². The Balaban J connectivity index is 3.46. The van der Waals surface area contributed by atoms with Crippen molar-refractivity contribution in [2.75, 3.05) is 6.54 Å². The van der Waals surface area contributed by atoms with E-state index in [1.165, 1.54) is 0 Å². The van der Waals surface area contributed by atoms with Crippen LogP contribution < -0.4 is 10.5 Å². The van der Waals surface area contributed by atoms with Crippen LogP contribution in [-0.2, 0) is 10.0 Å². The fourth-order valence-corrected chi connectivity index (χ4v) is 4.50. The molecule has 0 fully saturated rings. The van der Waals surface area contributed by atoms with Gasteiger partial charge in [-0.05, 0) is 62.8 Å². The van der Waals surface area contributed by atoms with Crippen LogP contribution in [0.4, 0.5) is 0 Å². The van der Waals surface area contributed by atoms with Crippen LogP contribution in [0.1, 0.15) is 43.0 Å². The minimum atomic E-state index is -3.61. The SMILES string of the molecule is Cc1cc(C)c(C)c(S(=O)(=O)NC(C)(CN)C(C)C)c1C. The van der Waals surface area contributed by atoms with Gasteiger partial charge < -0.3 is 5.73 Å². The summed E-state index contributed by atoms with van der Waals surface area (Å²) in [5.74, 6) is 0.101. The van der Waals surface area contributed by atoms with Gasteiger partial charge >= 0.3 is 0 Å². The van der Waals surface area contributed by atoms with Gasteiger partial charge in [-0.1, -0.05) is 19.9 Å². The molecule has 120 valence electrons. The first-order valence-electron chi connectivity index (χ1n) is 7.27. The van der Waals surface area contributed by atoms with Gasteiger partial charge in [0.25, 0.3) is 0 Å². The predicted octanol–water partition coefficient (Wildman–Crippen LogP) is 2.57. The van der Waals surface area contributed by atoms with E-state index in [0.717, 1.165) is 22.3 Å². The van der Waals surface area contributed by atoms with Gasteiger partial charge in [-0.15, -0.1) is 0 Å². The zero-order chi connectivity index (χ0) is 16.6. The molecule has 0 heterocycles. The van der Waals surface area contributed by atoms with Crippen LogP contribution in [0, 0.1) is 33.6 Å². The molecule has 1 rings (SSSR count). The molecule has 1 unspecified atom stereocenters. The van der Waals surface area contributed by atoms with Crippen molar-refractivity contribution >= 4 is 10.0 Å². The Labute approximate surface area is 129 Å². The topological polar surface area (TPSA) is 72.2 Å². The van der Waals surface area contributed by atoms with Gasteiger partial charge in [0.1, 0.15) is 0 Å². The quantitative estimate of drug-likeness (QED) is 0.877. The summed E-state index contributed by atoms with van der Waals surface area (Å²) in [6, 6.07) is 2.02. The van der Waals surface area contributed by atoms with Crippen molar-refractivity contribution in [1.29, 1.82) is 0 Å². The summed E-state index contributed by atoms with van der Waals surface area (Å²) in [6.45, 7) is 13.6. The Morgan fingerprint density at radius 3 is 1.90 bits per heavy atom. The molecule has 3 N–H and O–H groups in total. The largest absolute Gasteiger partial charge is 0.329 e. The number of hydrogen-bond acceptors (Lipinski definition) is 3. The molecule has 0 radical (unpaired) electrons. The smallest absolute Gasteiger partial charge is 0.241 e. The van der Waals surface area contributed by atoms with Crippen molar-refractivity contribution in [3.63, 3.8) is 0 Å². The first kappa shape index (κ1) is 18.1. The van der Waals surface area contributed by atoms with Crippen molar-refractivity contribution in [3.05, 3.63) is 28.3 Å². The van der Waals surface area contributed by atoms with Crippen molar-refractivity contribution < 1.29 is 8.42 Å². The lowest BCUT2D eigenvalue weighted by Crippen LogP contribution is -2.55. The molecular formula is C16H28N2O2S. The summed E-state index contributed by atoms with van der Waals surface area (Å²) >= 11 is 0. The van der Waals surface area contributed by atoms with E-state index < -0.39 is 15.6 Å². The first-order valence-corrected chi connectivity index (χ1v) is 8.76. The maximum absolute atomic E-state index is 12.9. The highest BCUT2D eigenvalue weighted by Gasteiger charge is 2.34. The van der Waals surface area contributed by atoms with Crippen LogP contribution in [0.5, 0.6) is 0 Å². The van der Waals surface area contributed by atoms with Crippen LogP contribution in [0.15, 0.2) is 11.0 Å². The van der Waals surface area contributed by atoms with Crippen LogP contribution in [-0.4, -0.2) is 20.5 Å². The van der Waals surface area contributed by atoms with Gasteiger partial charge in [-0.2, -0.15) is 0 Å². The Bertz CT molecular complexity index is 610. The zero-order valence-corrected chi connectivity index (χ0v) is 15.0. The van der Waals surface area contributed by atoms with E-state index in [4.69, 9.17) is 5.73 Å². The molecule has 0 saturated heterocycles. The van der Waals surface area contributed by atoms with Gasteiger partial charge in [0.05, 0.1) is 4.90 Å². The molecule has 0 aromatic heterocycles. The zero-order valence-electron chi connectivity index (χ0n) is 14.2. The van der Waals surface area contributed by atoms with Crippen LogP contribution >= 0.6 is 0 Å². The van der Waals surface area contributed by atoms with Gasteiger partial charge in [0.2, 0.25) is 10.0 Å². The number of benzene rings is 1. The number of nitrogens with two attached hydrogens (primary N) is 1. The number of hydrogen-bond donors (Lipinski definition) is 2. The lowest BCUT2D eigenvalue weighted by molar-refractivity contribution is 0.314. The number of rotatable bonds is 5. The summed E-state index contributed by atoms with van der Waals surface area (Å²) in [5.41, 5.74) is 8.71. The predicted molar refractivity (Wildman–Crippen MR) is 88.0 cm³/mol. The molecule has 1 aromatic carbocycles. The van der Waals surface area contributed by atoms with Gasteiger partial charge in [-0.25, -0.2) is 13.1 Å². The van der Waals surface area contributed by atoms with Crippen LogP contribution in [0.3, 0.4) is 0 Å². The summed E-state index contributed by atoms with van der Waals surface area (Å²) in [7, 11) is -3.61. The number of aryl methyl sites for hydroxylation is 2. The summed E-state index contributed by atoms with van der Waals surface area (Å²) < 4.78 is 28.6. The molecule has 0 amide bonds. The third kappa shape index (κ3) is 3.47. The first-order chi connectivity index (χ1) is 9.46. The monoisotopic (exact) mass is 312 g/mol. The van der Waals surface area contributed by atoms with E-state index >= 15 is 0 Å². The van der Waals surface area contributed by atoms with Crippen molar-refractivity contribution in [2.45, 2.75) is 58.9 Å². The molecule has 4 nitrogen and oxygen atoms in total. The fourth-order valence-electron chi connectivity index (χ4n) is 2.34. The van der Waals surface area contributed by atoms with E-state index in [1.54, 1.807) is 0 Å². The Morgan fingerprint density at radius 1 is 1.14 bits per heavy atom. The third-order valence-corrected chi connectivity index (χ3v) is 6.52. The minimum Gasteiger partial charge on any atom is -0.329 e. The van der Waals surface area contributed by atoms with Crippen LogP contribution in [0.2, 0.25) is 0 Å². The normalized spacial score (nSPS) is 15.3. The maximum Gasteiger partial charge on any atom is 0.241 e. The van der Waals surface area contributed by atoms with E-state index in [9.17, 15) is 8.42 Å². The van der Waals surface area contributed by atoms with Crippen molar-refractivity contribution in [1.82, 2.24) is 4.72 Å². The number of nitrogens with one attached hydrogen (secondary N) is 1. The molecule has 0 spiro atoms. The van der Waals surface area contributed by atoms with Crippen molar-refractivity contribution in [2.24, 2.45) is 11.7 Å². The van der Waals surface area contributed by atoms with Gasteiger partial charge in [-0.3, -0.25) is 0 Å². The van der Waals surface area contributed by atoms with Crippen LogP contribution in [0.25, 0.3) is 0 Å². The molecule has 5 heteroatoms. The molecule has 0 saturated carbocycles. The minimum absolute atomic E-state index is 0.101. The second-order valence-corrected chi connectivity index (χ2v) is 8.09. The lowest BCUT2D eigenvalue weighted by Gasteiger charge is -2.33. The highest BCUT2D eigenvalue weighted by atomic mass is 32.2. The summed E-state index contributed by atoms with van der Waals surface area (Å²) in [6.07, 6.45) is 0. The average Bonchev–Trinajstić information content (AvgIpc) is 2.35. The third-order valence-electron chi connectivity index (χ3n) is 4.63. The summed E-state index contributed by atoms with van der Waals surface area (Å²) in [5, 5.41) is 0. The highest BCUT2D eigenvalue weighted by molar-refractivity contribution is 7.89. The molecule has 1 atom stereocenters. The van der Waals surface area contributed by atoms with E-state index in [2.05, 4.69) is 4.72 Å². The Morgan fingerprint density at radius 2 is 1.57 bits per heavy atom. The standard InChI is InChI=1S/C16H28N2O2S/c1-10(2)16(7,9-17)18-21(19,20)15-13(5)11(3)8-12(4)14(15)6/h8,10,18H,9,17H2,1-7H3. The van der Waals surface area contributed by atoms with Crippen molar-refractivity contribution in [3.8, 4) is 0 Å². The van der Waals surface area contributed by atoms with Gasteiger partial charge in [0, 0.05) is 12.1 Å². The highest BCUT2D eigenvalue weighted by Crippen LogP contribution is 2.28. The fraction of sp³-hybridized carbons (Fsp3) is 0.625. The van der Waals surface area contributed by atoms with E-state index in [0.29, 0.717) is 4.90 Å². The second-order valence-electron chi connectivity index (χ2n) is 6.47. The molecule has 0 aliphatic rings. The van der Waals surface area contributed by atoms with E-state index in [-0.39, 0.29) is 12.5 Å². The molecular weight excluding hydrogens is 284 g/mol. The number of sulfonamides is 1.